The van der Waals surface area contributed by atoms with Crippen molar-refractivity contribution < 1.29 is 13.2 Å². The first-order valence-corrected chi connectivity index (χ1v) is 3.90. The van der Waals surface area contributed by atoms with Crippen molar-refractivity contribution in [2.45, 2.75) is 18.6 Å². The van der Waals surface area contributed by atoms with Gasteiger partial charge in [-0.3, -0.25) is 4.79 Å². The van der Waals surface area contributed by atoms with Crippen molar-refractivity contribution in [3.63, 3.8) is 0 Å². The Labute approximate surface area is 77.7 Å². The molecule has 3 nitrogen and oxygen atoms in total. The molecule has 0 unspecified atom stereocenters. The van der Waals surface area contributed by atoms with Crippen molar-refractivity contribution in [1.82, 2.24) is 4.98 Å². The third-order valence-electron chi connectivity index (χ3n) is 1.64. The van der Waals surface area contributed by atoms with Crippen LogP contribution in [-0.2, 0) is 0 Å². The number of halogens is 3. The fourth-order valence-corrected chi connectivity index (χ4v) is 1.04. The third-order valence-corrected chi connectivity index (χ3v) is 1.64. The van der Waals surface area contributed by atoms with Gasteiger partial charge in [-0.2, -0.15) is 13.2 Å². The van der Waals surface area contributed by atoms with E-state index in [1.54, 1.807) is 0 Å². The molecule has 1 aromatic heterocycles. The second-order valence-electron chi connectivity index (χ2n) is 2.90. The van der Waals surface area contributed by atoms with Gasteiger partial charge in [-0.1, -0.05) is 6.07 Å². The minimum Gasteiger partial charge on any atom is -0.325 e. The number of nitrogens with one attached hydrogen (secondary N) is 1. The van der Waals surface area contributed by atoms with Crippen LogP contribution in [0.5, 0.6) is 0 Å². The molecule has 0 saturated carbocycles. The van der Waals surface area contributed by atoms with E-state index < -0.39 is 24.2 Å². The highest BCUT2D eigenvalue weighted by Crippen LogP contribution is 2.26. The first kappa shape index (κ1) is 10.8. The van der Waals surface area contributed by atoms with Gasteiger partial charge in [0.05, 0.1) is 12.5 Å². The van der Waals surface area contributed by atoms with Gasteiger partial charge in [0.2, 0.25) is 5.56 Å². The molecule has 3 N–H and O–H groups in total. The molecule has 0 radical (unpaired) electrons. The number of hydrogen-bond donors (Lipinski definition) is 2. The summed E-state index contributed by atoms with van der Waals surface area (Å²) in [7, 11) is 0. The lowest BCUT2D eigenvalue weighted by atomic mass is 10.1. The fraction of sp³-hybridized carbons (Fsp3) is 0.375. The van der Waals surface area contributed by atoms with E-state index in [4.69, 9.17) is 5.73 Å². The van der Waals surface area contributed by atoms with Crippen LogP contribution in [0.3, 0.4) is 0 Å². The van der Waals surface area contributed by atoms with Crippen molar-refractivity contribution in [3.8, 4) is 0 Å². The predicted molar refractivity (Wildman–Crippen MR) is 44.7 cm³/mol. The second kappa shape index (κ2) is 3.83. The summed E-state index contributed by atoms with van der Waals surface area (Å²) in [5.74, 6) is 0. The Bertz CT molecular complexity index is 358. The summed E-state index contributed by atoms with van der Waals surface area (Å²) in [6, 6.07) is 2.72. The number of H-pyrrole nitrogens is 1. The molecule has 0 amide bonds. The van der Waals surface area contributed by atoms with Crippen molar-refractivity contribution in [2.24, 2.45) is 5.73 Å². The molecule has 0 spiro atoms. The maximum Gasteiger partial charge on any atom is 0.390 e. The van der Waals surface area contributed by atoms with Crippen LogP contribution in [0.25, 0.3) is 0 Å². The molecule has 0 saturated heterocycles. The summed E-state index contributed by atoms with van der Waals surface area (Å²) in [5, 5.41) is 0. The van der Waals surface area contributed by atoms with Crippen molar-refractivity contribution in [3.05, 3.63) is 34.2 Å². The summed E-state index contributed by atoms with van der Waals surface area (Å²) in [6.45, 7) is 0. The predicted octanol–water partition coefficient (Wildman–Crippen LogP) is 1.33. The zero-order valence-corrected chi connectivity index (χ0v) is 7.14. The molecule has 1 atom stereocenters. The first-order chi connectivity index (χ1) is 6.38. The standard InChI is InChI=1S/C8H9F3N2O/c9-8(10,11)4-5(12)6-2-1-3-7(14)13-6/h1-3,5H,4,12H2,(H,13,14)/t5-/m1/s1. The van der Waals surface area contributed by atoms with Gasteiger partial charge in [0.1, 0.15) is 0 Å². The van der Waals surface area contributed by atoms with E-state index in [0.29, 0.717) is 0 Å². The number of pyridine rings is 1. The summed E-state index contributed by atoms with van der Waals surface area (Å²) >= 11 is 0. The molecule has 0 aliphatic carbocycles. The number of aromatic amines is 1. The van der Waals surface area contributed by atoms with Crippen LogP contribution in [-0.4, -0.2) is 11.2 Å². The van der Waals surface area contributed by atoms with Crippen LogP contribution in [0.4, 0.5) is 13.2 Å². The average Bonchev–Trinajstić information content (AvgIpc) is 2.01. The highest BCUT2D eigenvalue weighted by Gasteiger charge is 2.31. The van der Waals surface area contributed by atoms with Crippen molar-refractivity contribution in [2.75, 3.05) is 0 Å². The van der Waals surface area contributed by atoms with Crippen LogP contribution < -0.4 is 11.3 Å². The fourth-order valence-electron chi connectivity index (χ4n) is 1.04. The Balaban J connectivity index is 2.80. The van der Waals surface area contributed by atoms with Gasteiger partial charge in [0.15, 0.2) is 0 Å². The van der Waals surface area contributed by atoms with Gasteiger partial charge in [-0.25, -0.2) is 0 Å². The lowest BCUT2D eigenvalue weighted by molar-refractivity contribution is -0.138. The molecule has 0 fully saturated rings. The van der Waals surface area contributed by atoms with Crippen LogP contribution in [0.1, 0.15) is 18.2 Å². The van der Waals surface area contributed by atoms with Gasteiger partial charge in [0, 0.05) is 11.8 Å². The normalized spacial score (nSPS) is 14.0. The van der Waals surface area contributed by atoms with Crippen LogP contribution in [0.15, 0.2) is 23.0 Å². The summed E-state index contributed by atoms with van der Waals surface area (Å²) in [6.07, 6.45) is -5.47. The monoisotopic (exact) mass is 206 g/mol. The molecule has 1 rings (SSSR count). The van der Waals surface area contributed by atoms with E-state index in [2.05, 4.69) is 4.98 Å². The lowest BCUT2D eigenvalue weighted by Crippen LogP contribution is -2.23. The molecule has 1 heterocycles. The second-order valence-corrected chi connectivity index (χ2v) is 2.90. The van der Waals surface area contributed by atoms with E-state index in [9.17, 15) is 18.0 Å². The molecular weight excluding hydrogens is 197 g/mol. The van der Waals surface area contributed by atoms with Gasteiger partial charge in [0.25, 0.3) is 0 Å². The molecule has 6 heteroatoms. The Morgan fingerprint density at radius 1 is 1.43 bits per heavy atom. The molecule has 1 aromatic rings. The van der Waals surface area contributed by atoms with Crippen LogP contribution in [0.2, 0.25) is 0 Å². The highest BCUT2D eigenvalue weighted by molar-refractivity contribution is 5.08. The van der Waals surface area contributed by atoms with Gasteiger partial charge in [-0.05, 0) is 6.07 Å². The SMILES string of the molecule is N[C@H](CC(F)(F)F)c1cccc(=O)[nH]1. The largest absolute Gasteiger partial charge is 0.390 e. The van der Waals surface area contributed by atoms with E-state index in [1.165, 1.54) is 18.2 Å². The van der Waals surface area contributed by atoms with Crippen molar-refractivity contribution in [1.29, 1.82) is 0 Å². The smallest absolute Gasteiger partial charge is 0.325 e. The minimum absolute atomic E-state index is 0.0924. The average molecular weight is 206 g/mol. The number of nitrogens with two attached hydrogens (primary N) is 1. The number of hydrogen-bond acceptors (Lipinski definition) is 2. The Morgan fingerprint density at radius 2 is 2.07 bits per heavy atom. The highest BCUT2D eigenvalue weighted by atomic mass is 19.4. The number of rotatable bonds is 2. The Morgan fingerprint density at radius 3 is 2.57 bits per heavy atom. The van der Waals surface area contributed by atoms with Crippen LogP contribution >= 0.6 is 0 Å². The molecule has 0 aromatic carbocycles. The Kier molecular flexibility index (Phi) is 2.95. The maximum absolute atomic E-state index is 11.9. The molecule has 78 valence electrons. The molecular formula is C8H9F3N2O. The summed E-state index contributed by atoms with van der Waals surface area (Å²) in [4.78, 5) is 13.0. The van der Waals surface area contributed by atoms with E-state index in [0.717, 1.165) is 0 Å². The summed E-state index contributed by atoms with van der Waals surface area (Å²) in [5.41, 5.74) is 4.89. The first-order valence-electron chi connectivity index (χ1n) is 3.90. The quantitative estimate of drug-likeness (QED) is 0.766. The maximum atomic E-state index is 11.9. The van der Waals surface area contributed by atoms with E-state index in [1.807, 2.05) is 0 Å². The van der Waals surface area contributed by atoms with Gasteiger partial charge in [-0.15, -0.1) is 0 Å². The minimum atomic E-state index is -4.33. The van der Waals surface area contributed by atoms with E-state index >= 15 is 0 Å². The Hall–Kier alpha value is -1.30. The van der Waals surface area contributed by atoms with Gasteiger partial charge >= 0.3 is 6.18 Å². The number of alkyl halides is 3. The zero-order valence-electron chi connectivity index (χ0n) is 7.14. The molecule has 14 heavy (non-hydrogen) atoms. The molecule has 0 bridgehead atoms. The molecule has 0 aliphatic rings. The van der Waals surface area contributed by atoms with Crippen LogP contribution in [0, 0.1) is 0 Å². The summed E-state index contributed by atoms with van der Waals surface area (Å²) < 4.78 is 35.8. The third kappa shape index (κ3) is 3.21. The molecule has 0 aliphatic heterocycles. The van der Waals surface area contributed by atoms with E-state index in [-0.39, 0.29) is 5.69 Å². The van der Waals surface area contributed by atoms with Crippen molar-refractivity contribution >= 4 is 0 Å². The number of aromatic nitrogens is 1. The lowest BCUT2D eigenvalue weighted by Gasteiger charge is -2.13. The zero-order chi connectivity index (χ0) is 10.8. The topological polar surface area (TPSA) is 58.9 Å². The van der Waals surface area contributed by atoms with Gasteiger partial charge < -0.3 is 10.7 Å².